The zero-order valence-electron chi connectivity index (χ0n) is 11.4. The van der Waals surface area contributed by atoms with Crippen molar-refractivity contribution >= 4 is 11.0 Å². The Kier molecular flexibility index (Phi) is 3.35. The Bertz CT molecular complexity index is 810. The van der Waals surface area contributed by atoms with Crippen molar-refractivity contribution in [2.75, 3.05) is 0 Å². The highest BCUT2D eigenvalue weighted by atomic mass is 16.5. The third-order valence-corrected chi connectivity index (χ3v) is 3.23. The quantitative estimate of drug-likeness (QED) is 0.782. The monoisotopic (exact) mass is 279 g/mol. The molecule has 0 fully saturated rings. The summed E-state index contributed by atoms with van der Waals surface area (Å²) in [7, 11) is 0. The number of nitriles is 1. The molecule has 0 aliphatic carbocycles. The second kappa shape index (κ2) is 5.31. The van der Waals surface area contributed by atoms with Gasteiger partial charge in [-0.25, -0.2) is 0 Å². The number of hydrogen-bond acceptors (Lipinski definition) is 4. The molecule has 1 heterocycles. The highest BCUT2D eigenvalue weighted by molar-refractivity contribution is 5.86. The van der Waals surface area contributed by atoms with Crippen LogP contribution in [0.3, 0.4) is 0 Å². The van der Waals surface area contributed by atoms with Crippen LogP contribution in [0.25, 0.3) is 11.0 Å². The Labute approximate surface area is 121 Å². The maximum Gasteiger partial charge on any atom is 0.247 e. The molecule has 21 heavy (non-hydrogen) atoms. The van der Waals surface area contributed by atoms with E-state index in [1.54, 1.807) is 37.3 Å². The molecular weight excluding hydrogens is 266 g/mol. The van der Waals surface area contributed by atoms with Gasteiger partial charge in [0.05, 0.1) is 11.5 Å². The van der Waals surface area contributed by atoms with Gasteiger partial charge in [-0.05, 0) is 36.8 Å². The lowest BCUT2D eigenvalue weighted by molar-refractivity contribution is 0.199. The van der Waals surface area contributed by atoms with E-state index in [4.69, 9.17) is 14.4 Å². The Morgan fingerprint density at radius 1 is 1.14 bits per heavy atom. The fourth-order valence-electron chi connectivity index (χ4n) is 2.13. The number of aliphatic hydroxyl groups excluding tert-OH is 1. The van der Waals surface area contributed by atoms with Gasteiger partial charge >= 0.3 is 0 Å². The molecular formula is C17H13NO3. The van der Waals surface area contributed by atoms with Crippen molar-refractivity contribution in [3.05, 3.63) is 59.9 Å². The smallest absolute Gasteiger partial charge is 0.247 e. The molecule has 2 aromatic carbocycles. The van der Waals surface area contributed by atoms with Crippen molar-refractivity contribution in [1.82, 2.24) is 0 Å². The van der Waals surface area contributed by atoms with Gasteiger partial charge in [0, 0.05) is 0 Å². The average Bonchev–Trinajstić information content (AvgIpc) is 2.86. The molecule has 0 amide bonds. The number of benzene rings is 2. The Balaban J connectivity index is 1.99. The molecule has 4 heteroatoms. The van der Waals surface area contributed by atoms with Crippen LogP contribution in [0.1, 0.15) is 24.4 Å². The number of ether oxygens (including phenoxy) is 1. The van der Waals surface area contributed by atoms with Gasteiger partial charge in [-0.3, -0.25) is 0 Å². The first-order chi connectivity index (χ1) is 10.2. The van der Waals surface area contributed by atoms with Gasteiger partial charge in [0.15, 0.2) is 5.75 Å². The van der Waals surface area contributed by atoms with Crippen LogP contribution in [-0.2, 0) is 0 Å². The lowest BCUT2D eigenvalue weighted by Crippen LogP contribution is -1.91. The van der Waals surface area contributed by atoms with Crippen LogP contribution < -0.4 is 4.74 Å². The summed E-state index contributed by atoms with van der Waals surface area (Å²) in [5, 5.41) is 19.4. The van der Waals surface area contributed by atoms with Gasteiger partial charge in [0.2, 0.25) is 5.76 Å². The molecule has 1 aromatic heterocycles. The molecule has 3 aromatic rings. The van der Waals surface area contributed by atoms with Crippen LogP contribution >= 0.6 is 0 Å². The molecule has 0 unspecified atom stereocenters. The summed E-state index contributed by atoms with van der Waals surface area (Å²) < 4.78 is 11.2. The standard InChI is InChI=1S/C17H13NO3/c1-11(19)12-6-8-13(9-7-12)20-17-14-4-2-3-5-15(14)21-16(17)10-18/h2-9,11,19H,1H3/t11-/m1/s1. The van der Waals surface area contributed by atoms with Crippen LogP contribution in [0.5, 0.6) is 11.5 Å². The summed E-state index contributed by atoms with van der Waals surface area (Å²) in [6.07, 6.45) is -0.525. The molecule has 0 saturated carbocycles. The molecule has 3 rings (SSSR count). The number of hydrogen-bond donors (Lipinski definition) is 1. The number of rotatable bonds is 3. The molecule has 4 nitrogen and oxygen atoms in total. The van der Waals surface area contributed by atoms with Crippen molar-refractivity contribution in [3.63, 3.8) is 0 Å². The fourth-order valence-corrected chi connectivity index (χ4v) is 2.13. The normalized spacial score (nSPS) is 12.0. The summed E-state index contributed by atoms with van der Waals surface area (Å²) >= 11 is 0. The van der Waals surface area contributed by atoms with Gasteiger partial charge < -0.3 is 14.3 Å². The Morgan fingerprint density at radius 3 is 2.52 bits per heavy atom. The first-order valence-corrected chi connectivity index (χ1v) is 6.56. The third kappa shape index (κ3) is 2.47. The molecule has 0 aliphatic rings. The van der Waals surface area contributed by atoms with E-state index in [0.29, 0.717) is 17.1 Å². The highest BCUT2D eigenvalue weighted by Crippen LogP contribution is 2.36. The number of fused-ring (bicyclic) bond motifs is 1. The number of aliphatic hydroxyl groups is 1. The van der Waals surface area contributed by atoms with Crippen LogP contribution in [0.4, 0.5) is 0 Å². The lowest BCUT2D eigenvalue weighted by Gasteiger charge is -2.07. The number of nitrogens with zero attached hydrogens (tertiary/aromatic N) is 1. The molecule has 0 bridgehead atoms. The Hall–Kier alpha value is -2.77. The van der Waals surface area contributed by atoms with Gasteiger partial charge in [0.25, 0.3) is 0 Å². The summed E-state index contributed by atoms with van der Waals surface area (Å²) in [5.41, 5.74) is 1.42. The lowest BCUT2D eigenvalue weighted by atomic mass is 10.1. The van der Waals surface area contributed by atoms with E-state index in [2.05, 4.69) is 0 Å². The second-order valence-corrected chi connectivity index (χ2v) is 4.72. The maximum atomic E-state index is 9.50. The minimum absolute atomic E-state index is 0.149. The van der Waals surface area contributed by atoms with Crippen LogP contribution in [0.15, 0.2) is 52.9 Å². The molecule has 0 spiro atoms. The van der Waals surface area contributed by atoms with Crippen molar-refractivity contribution < 1.29 is 14.3 Å². The zero-order valence-corrected chi connectivity index (χ0v) is 11.4. The predicted octanol–water partition coefficient (Wildman–Crippen LogP) is 4.15. The summed E-state index contributed by atoms with van der Waals surface area (Å²) in [5.74, 6) is 1.15. The van der Waals surface area contributed by atoms with E-state index >= 15 is 0 Å². The van der Waals surface area contributed by atoms with Gasteiger partial charge in [-0.1, -0.05) is 24.3 Å². The topological polar surface area (TPSA) is 66.4 Å². The average molecular weight is 279 g/mol. The van der Waals surface area contributed by atoms with E-state index in [0.717, 1.165) is 10.9 Å². The summed E-state index contributed by atoms with van der Waals surface area (Å²) in [6, 6.07) is 16.4. The summed E-state index contributed by atoms with van der Waals surface area (Å²) in [6.45, 7) is 1.70. The largest absolute Gasteiger partial charge is 0.452 e. The van der Waals surface area contributed by atoms with Crippen molar-refractivity contribution in [3.8, 4) is 17.6 Å². The molecule has 1 atom stereocenters. The minimum Gasteiger partial charge on any atom is -0.452 e. The van der Waals surface area contributed by atoms with Crippen LogP contribution in [-0.4, -0.2) is 5.11 Å². The van der Waals surface area contributed by atoms with Crippen molar-refractivity contribution in [2.24, 2.45) is 0 Å². The SMILES string of the molecule is C[C@@H](O)c1ccc(Oc2c(C#N)oc3ccccc23)cc1. The van der Waals surface area contributed by atoms with Gasteiger partial charge in [-0.2, -0.15) is 5.26 Å². The molecule has 104 valence electrons. The van der Waals surface area contributed by atoms with Crippen LogP contribution in [0, 0.1) is 11.3 Å². The molecule has 0 aliphatic heterocycles. The highest BCUT2D eigenvalue weighted by Gasteiger charge is 2.15. The predicted molar refractivity (Wildman–Crippen MR) is 78.1 cm³/mol. The van der Waals surface area contributed by atoms with E-state index in [1.165, 1.54) is 0 Å². The van der Waals surface area contributed by atoms with E-state index in [9.17, 15) is 5.11 Å². The van der Waals surface area contributed by atoms with E-state index in [-0.39, 0.29) is 5.76 Å². The summed E-state index contributed by atoms with van der Waals surface area (Å²) in [4.78, 5) is 0. The molecule has 0 saturated heterocycles. The van der Waals surface area contributed by atoms with Crippen molar-refractivity contribution in [2.45, 2.75) is 13.0 Å². The van der Waals surface area contributed by atoms with Gasteiger partial charge in [-0.15, -0.1) is 0 Å². The first-order valence-electron chi connectivity index (χ1n) is 6.56. The van der Waals surface area contributed by atoms with Crippen molar-refractivity contribution in [1.29, 1.82) is 5.26 Å². The minimum atomic E-state index is -0.525. The van der Waals surface area contributed by atoms with Gasteiger partial charge in [0.1, 0.15) is 17.4 Å². The number of furan rings is 1. The van der Waals surface area contributed by atoms with E-state index < -0.39 is 6.10 Å². The van der Waals surface area contributed by atoms with E-state index in [1.807, 2.05) is 24.3 Å². The first kappa shape index (κ1) is 13.2. The number of para-hydroxylation sites is 1. The third-order valence-electron chi connectivity index (χ3n) is 3.23. The molecule has 1 N–H and O–H groups in total. The Morgan fingerprint density at radius 2 is 1.86 bits per heavy atom. The van der Waals surface area contributed by atoms with Crippen LogP contribution in [0.2, 0.25) is 0 Å². The maximum absolute atomic E-state index is 9.50. The second-order valence-electron chi connectivity index (χ2n) is 4.72. The molecule has 0 radical (unpaired) electrons. The fraction of sp³-hybridized carbons (Fsp3) is 0.118. The zero-order chi connectivity index (χ0) is 14.8.